The molecule has 1 aliphatic heterocycles. The molecular formula is C12H13NO2. The van der Waals surface area contributed by atoms with Crippen LogP contribution in [0.1, 0.15) is 29.8 Å². The van der Waals surface area contributed by atoms with Gasteiger partial charge in [-0.15, -0.1) is 0 Å². The molecule has 0 aromatic heterocycles. The van der Waals surface area contributed by atoms with E-state index in [1.165, 1.54) is 4.90 Å². The van der Waals surface area contributed by atoms with Gasteiger partial charge in [0.2, 0.25) is 5.91 Å². The highest BCUT2D eigenvalue weighted by atomic mass is 16.2. The lowest BCUT2D eigenvalue weighted by atomic mass is 9.97. The number of benzene rings is 1. The number of nitrogens with zero attached hydrogens (tertiary/aromatic N) is 1. The molecule has 1 aromatic rings. The summed E-state index contributed by atoms with van der Waals surface area (Å²) >= 11 is 0. The standard InChI is InChI=1S/C12H13NO2/c1-8(2)13-11(14)7-9-5-3-4-6-10(9)12(13)15/h3-6,8H,7H2,1-2H3. The first-order valence-electron chi connectivity index (χ1n) is 5.05. The third kappa shape index (κ3) is 1.54. The molecular weight excluding hydrogens is 190 g/mol. The van der Waals surface area contributed by atoms with Gasteiger partial charge >= 0.3 is 0 Å². The largest absolute Gasteiger partial charge is 0.276 e. The van der Waals surface area contributed by atoms with Gasteiger partial charge in [0.15, 0.2) is 0 Å². The molecule has 1 heterocycles. The van der Waals surface area contributed by atoms with Crippen LogP contribution in [0.3, 0.4) is 0 Å². The van der Waals surface area contributed by atoms with E-state index in [4.69, 9.17) is 0 Å². The van der Waals surface area contributed by atoms with Gasteiger partial charge in [0.1, 0.15) is 0 Å². The topological polar surface area (TPSA) is 37.4 Å². The van der Waals surface area contributed by atoms with Crippen molar-refractivity contribution < 1.29 is 9.59 Å². The zero-order valence-corrected chi connectivity index (χ0v) is 8.86. The summed E-state index contributed by atoms with van der Waals surface area (Å²) < 4.78 is 0. The van der Waals surface area contributed by atoms with Crippen LogP contribution in [0.5, 0.6) is 0 Å². The highest BCUT2D eigenvalue weighted by Gasteiger charge is 2.31. The van der Waals surface area contributed by atoms with Crippen LogP contribution in [0.25, 0.3) is 0 Å². The molecule has 78 valence electrons. The van der Waals surface area contributed by atoms with Crippen LogP contribution >= 0.6 is 0 Å². The van der Waals surface area contributed by atoms with Crippen molar-refractivity contribution in [2.24, 2.45) is 0 Å². The Kier molecular flexibility index (Phi) is 2.31. The minimum atomic E-state index is -0.170. The first-order valence-corrected chi connectivity index (χ1v) is 5.05. The number of amides is 2. The van der Waals surface area contributed by atoms with E-state index in [1.54, 1.807) is 6.07 Å². The third-order valence-corrected chi connectivity index (χ3v) is 2.59. The maximum Gasteiger partial charge on any atom is 0.261 e. The van der Waals surface area contributed by atoms with Crippen molar-refractivity contribution in [2.75, 3.05) is 0 Å². The van der Waals surface area contributed by atoms with Gasteiger partial charge < -0.3 is 0 Å². The van der Waals surface area contributed by atoms with Crippen LogP contribution in [-0.4, -0.2) is 22.8 Å². The molecule has 1 aliphatic rings. The molecule has 0 N–H and O–H groups in total. The summed E-state index contributed by atoms with van der Waals surface area (Å²) in [4.78, 5) is 25.0. The Hall–Kier alpha value is -1.64. The Morgan fingerprint density at radius 3 is 2.53 bits per heavy atom. The van der Waals surface area contributed by atoms with Gasteiger partial charge in [-0.25, -0.2) is 0 Å². The van der Waals surface area contributed by atoms with E-state index < -0.39 is 0 Å². The smallest absolute Gasteiger partial charge is 0.261 e. The van der Waals surface area contributed by atoms with Gasteiger partial charge in [0, 0.05) is 11.6 Å². The molecule has 0 unspecified atom stereocenters. The number of hydrogen-bond acceptors (Lipinski definition) is 2. The van der Waals surface area contributed by atoms with Crippen LogP contribution in [0.15, 0.2) is 24.3 Å². The monoisotopic (exact) mass is 203 g/mol. The minimum Gasteiger partial charge on any atom is -0.276 e. The van der Waals surface area contributed by atoms with E-state index in [1.807, 2.05) is 32.0 Å². The predicted molar refractivity (Wildman–Crippen MR) is 56.5 cm³/mol. The SMILES string of the molecule is CC(C)N1C(=O)Cc2ccccc2C1=O. The van der Waals surface area contributed by atoms with Crippen molar-refractivity contribution in [3.8, 4) is 0 Å². The predicted octanol–water partition coefficient (Wildman–Crippen LogP) is 1.62. The molecule has 3 heteroatoms. The average Bonchev–Trinajstić information content (AvgIpc) is 2.17. The Bertz CT molecular complexity index is 423. The van der Waals surface area contributed by atoms with Crippen molar-refractivity contribution in [2.45, 2.75) is 26.3 Å². The van der Waals surface area contributed by atoms with Crippen LogP contribution in [-0.2, 0) is 11.2 Å². The number of carbonyl (C=O) groups is 2. The highest BCUT2D eigenvalue weighted by molar-refractivity contribution is 6.09. The fourth-order valence-corrected chi connectivity index (χ4v) is 1.90. The lowest BCUT2D eigenvalue weighted by Crippen LogP contribution is -2.46. The first-order chi connectivity index (χ1) is 7.11. The minimum absolute atomic E-state index is 0.0710. The fourth-order valence-electron chi connectivity index (χ4n) is 1.90. The first kappa shape index (κ1) is 9.90. The molecule has 0 spiro atoms. The van der Waals surface area contributed by atoms with E-state index in [2.05, 4.69) is 0 Å². The molecule has 0 saturated heterocycles. The summed E-state index contributed by atoms with van der Waals surface area (Å²) in [5.41, 5.74) is 1.50. The second-order valence-corrected chi connectivity index (χ2v) is 4.00. The van der Waals surface area contributed by atoms with E-state index in [0.29, 0.717) is 12.0 Å². The van der Waals surface area contributed by atoms with Crippen molar-refractivity contribution in [3.63, 3.8) is 0 Å². The lowest BCUT2D eigenvalue weighted by molar-refractivity contribution is -0.129. The average molecular weight is 203 g/mol. The summed E-state index contributed by atoms with van der Waals surface area (Å²) in [6.45, 7) is 3.70. The molecule has 2 rings (SSSR count). The lowest BCUT2D eigenvalue weighted by Gasteiger charge is -2.29. The summed E-state index contributed by atoms with van der Waals surface area (Å²) in [5.74, 6) is -0.273. The number of imide groups is 1. The van der Waals surface area contributed by atoms with Gasteiger partial charge in [-0.1, -0.05) is 18.2 Å². The van der Waals surface area contributed by atoms with Crippen molar-refractivity contribution in [1.82, 2.24) is 4.90 Å². The second kappa shape index (κ2) is 3.50. The number of fused-ring (bicyclic) bond motifs is 1. The van der Waals surface area contributed by atoms with Crippen LogP contribution in [0.2, 0.25) is 0 Å². The van der Waals surface area contributed by atoms with Gasteiger partial charge in [0.25, 0.3) is 5.91 Å². The Morgan fingerprint density at radius 2 is 1.87 bits per heavy atom. The third-order valence-electron chi connectivity index (χ3n) is 2.59. The number of rotatable bonds is 1. The van der Waals surface area contributed by atoms with E-state index >= 15 is 0 Å². The maximum absolute atomic E-state index is 12.0. The van der Waals surface area contributed by atoms with E-state index in [-0.39, 0.29) is 17.9 Å². The summed E-state index contributed by atoms with van der Waals surface area (Å²) in [7, 11) is 0. The Labute approximate surface area is 88.7 Å². The van der Waals surface area contributed by atoms with E-state index in [0.717, 1.165) is 5.56 Å². The van der Waals surface area contributed by atoms with Crippen molar-refractivity contribution in [1.29, 1.82) is 0 Å². The summed E-state index contributed by atoms with van der Waals surface area (Å²) in [6.07, 6.45) is 0.333. The summed E-state index contributed by atoms with van der Waals surface area (Å²) in [5, 5.41) is 0. The Morgan fingerprint density at radius 1 is 1.20 bits per heavy atom. The number of carbonyl (C=O) groups excluding carboxylic acids is 2. The molecule has 0 atom stereocenters. The van der Waals surface area contributed by atoms with Gasteiger partial charge in [-0.2, -0.15) is 0 Å². The quantitative estimate of drug-likeness (QED) is 0.650. The molecule has 3 nitrogen and oxygen atoms in total. The number of hydrogen-bond donors (Lipinski definition) is 0. The Balaban J connectivity index is 2.48. The molecule has 0 saturated carbocycles. The molecule has 15 heavy (non-hydrogen) atoms. The van der Waals surface area contributed by atoms with Crippen molar-refractivity contribution >= 4 is 11.8 Å². The normalized spacial score (nSPS) is 15.8. The van der Waals surface area contributed by atoms with Crippen LogP contribution in [0, 0.1) is 0 Å². The fraction of sp³-hybridized carbons (Fsp3) is 0.333. The molecule has 0 radical (unpaired) electrons. The van der Waals surface area contributed by atoms with Crippen molar-refractivity contribution in [3.05, 3.63) is 35.4 Å². The van der Waals surface area contributed by atoms with Crippen LogP contribution in [0.4, 0.5) is 0 Å². The highest BCUT2D eigenvalue weighted by Crippen LogP contribution is 2.20. The summed E-state index contributed by atoms with van der Waals surface area (Å²) in [6, 6.07) is 7.22. The molecule has 0 fully saturated rings. The molecule has 0 aliphatic carbocycles. The van der Waals surface area contributed by atoms with Gasteiger partial charge in [0.05, 0.1) is 6.42 Å². The van der Waals surface area contributed by atoms with Gasteiger partial charge in [-0.3, -0.25) is 14.5 Å². The zero-order chi connectivity index (χ0) is 11.0. The van der Waals surface area contributed by atoms with Crippen LogP contribution < -0.4 is 0 Å². The second-order valence-electron chi connectivity index (χ2n) is 4.00. The molecule has 2 amide bonds. The van der Waals surface area contributed by atoms with E-state index in [9.17, 15) is 9.59 Å². The van der Waals surface area contributed by atoms with Gasteiger partial charge in [-0.05, 0) is 25.5 Å². The zero-order valence-electron chi connectivity index (χ0n) is 8.86. The molecule has 1 aromatic carbocycles. The maximum atomic E-state index is 12.0. The molecule has 0 bridgehead atoms.